The number of amides is 4. The van der Waals surface area contributed by atoms with Crippen LogP contribution >= 0.6 is 0 Å². The van der Waals surface area contributed by atoms with Gasteiger partial charge in [-0.25, -0.2) is 4.79 Å². The van der Waals surface area contributed by atoms with E-state index in [0.29, 0.717) is 6.54 Å². The number of methoxy groups -OCH3 is 1. The Hall–Kier alpha value is -3.35. The van der Waals surface area contributed by atoms with Crippen LogP contribution in [-0.4, -0.2) is 37.5 Å². The molecule has 1 saturated heterocycles. The highest BCUT2D eigenvalue weighted by Crippen LogP contribution is 2.27. The van der Waals surface area contributed by atoms with Gasteiger partial charge in [0.2, 0.25) is 5.91 Å². The monoisotopic (exact) mass is 395 g/mol. The summed E-state index contributed by atoms with van der Waals surface area (Å²) >= 11 is 0. The van der Waals surface area contributed by atoms with E-state index in [4.69, 9.17) is 4.74 Å². The van der Waals surface area contributed by atoms with Crippen LogP contribution < -0.4 is 20.7 Å². The van der Waals surface area contributed by atoms with Crippen LogP contribution in [0, 0.1) is 6.92 Å². The molecule has 7 heteroatoms. The second kappa shape index (κ2) is 8.77. The number of imide groups is 1. The van der Waals surface area contributed by atoms with Crippen LogP contribution in [0.5, 0.6) is 5.75 Å². The van der Waals surface area contributed by atoms with Gasteiger partial charge in [0.05, 0.1) is 13.5 Å². The normalized spacial score (nSPS) is 16.7. The predicted molar refractivity (Wildman–Crippen MR) is 110 cm³/mol. The number of benzene rings is 2. The first-order chi connectivity index (χ1) is 13.9. The fourth-order valence-electron chi connectivity index (χ4n) is 3.31. The van der Waals surface area contributed by atoms with E-state index in [1.807, 2.05) is 26.0 Å². The van der Waals surface area contributed by atoms with Crippen molar-refractivity contribution in [3.8, 4) is 16.9 Å². The summed E-state index contributed by atoms with van der Waals surface area (Å²) in [6, 6.07) is 13.0. The zero-order valence-electron chi connectivity index (χ0n) is 16.7. The van der Waals surface area contributed by atoms with Gasteiger partial charge in [-0.3, -0.25) is 14.9 Å². The van der Waals surface area contributed by atoms with Gasteiger partial charge >= 0.3 is 6.03 Å². The van der Waals surface area contributed by atoms with E-state index in [2.05, 4.69) is 46.3 Å². The fourth-order valence-corrected chi connectivity index (χ4v) is 3.31. The molecule has 2 atom stereocenters. The van der Waals surface area contributed by atoms with E-state index in [0.717, 1.165) is 28.0 Å². The highest BCUT2D eigenvalue weighted by Gasteiger charge is 2.31. The molecule has 7 nitrogen and oxygen atoms in total. The second-order valence-electron chi connectivity index (χ2n) is 7.23. The molecule has 4 amide bonds. The van der Waals surface area contributed by atoms with Crippen molar-refractivity contribution in [1.29, 1.82) is 0 Å². The first-order valence-electron chi connectivity index (χ1n) is 9.50. The van der Waals surface area contributed by atoms with E-state index in [1.54, 1.807) is 7.11 Å². The Kier molecular flexibility index (Phi) is 6.16. The largest absolute Gasteiger partial charge is 0.496 e. The summed E-state index contributed by atoms with van der Waals surface area (Å²) in [4.78, 5) is 34.7. The van der Waals surface area contributed by atoms with Crippen molar-refractivity contribution in [2.45, 2.75) is 32.2 Å². The standard InChI is InChI=1S/C22H25N3O4/c1-13-10-17(8-9-19(13)29-3)16-6-4-15(5-7-16)14(2)12-23-20(26)11-18-21(27)25-22(28)24-18/h4-10,14,18H,11-12H2,1-3H3,(H,23,26)(H2,24,25,27,28). The quantitative estimate of drug-likeness (QED) is 0.628. The zero-order chi connectivity index (χ0) is 21.0. The van der Waals surface area contributed by atoms with Crippen molar-refractivity contribution < 1.29 is 19.1 Å². The number of carbonyl (C=O) groups excluding carboxylic acids is 3. The van der Waals surface area contributed by atoms with Crippen molar-refractivity contribution in [2.24, 2.45) is 0 Å². The lowest BCUT2D eigenvalue weighted by molar-refractivity contribution is -0.126. The smallest absolute Gasteiger partial charge is 0.322 e. The second-order valence-corrected chi connectivity index (χ2v) is 7.23. The average molecular weight is 395 g/mol. The maximum Gasteiger partial charge on any atom is 0.322 e. The van der Waals surface area contributed by atoms with E-state index in [1.165, 1.54) is 0 Å². The number of aryl methyl sites for hydroxylation is 1. The van der Waals surface area contributed by atoms with E-state index in [-0.39, 0.29) is 18.2 Å². The molecule has 1 aliphatic heterocycles. The van der Waals surface area contributed by atoms with Crippen molar-refractivity contribution in [3.63, 3.8) is 0 Å². The van der Waals surface area contributed by atoms with E-state index < -0.39 is 18.0 Å². The molecule has 0 radical (unpaired) electrons. The van der Waals surface area contributed by atoms with Crippen LogP contribution in [0.25, 0.3) is 11.1 Å². The lowest BCUT2D eigenvalue weighted by Crippen LogP contribution is -2.37. The van der Waals surface area contributed by atoms with Gasteiger partial charge in [-0.1, -0.05) is 37.3 Å². The molecule has 0 spiro atoms. The molecule has 3 rings (SSSR count). The van der Waals surface area contributed by atoms with Gasteiger partial charge in [0.15, 0.2) is 0 Å². The Bertz CT molecular complexity index is 924. The Labute approximate surface area is 169 Å². The Balaban J connectivity index is 1.55. The van der Waals surface area contributed by atoms with Crippen LogP contribution in [0.15, 0.2) is 42.5 Å². The zero-order valence-corrected chi connectivity index (χ0v) is 16.7. The van der Waals surface area contributed by atoms with Gasteiger partial charge in [0, 0.05) is 6.54 Å². The molecule has 2 unspecified atom stereocenters. The summed E-state index contributed by atoms with van der Waals surface area (Å²) in [5.41, 5.74) is 4.41. The van der Waals surface area contributed by atoms with Crippen LogP contribution in [0.2, 0.25) is 0 Å². The minimum Gasteiger partial charge on any atom is -0.496 e. The molecular formula is C22H25N3O4. The van der Waals surface area contributed by atoms with Gasteiger partial charge in [-0.05, 0) is 47.2 Å². The highest BCUT2D eigenvalue weighted by atomic mass is 16.5. The van der Waals surface area contributed by atoms with E-state index in [9.17, 15) is 14.4 Å². The minimum atomic E-state index is -0.801. The maximum atomic E-state index is 12.1. The summed E-state index contributed by atoms with van der Waals surface area (Å²) in [5.74, 6) is 0.231. The van der Waals surface area contributed by atoms with E-state index >= 15 is 0 Å². The van der Waals surface area contributed by atoms with Crippen LogP contribution in [0.3, 0.4) is 0 Å². The maximum absolute atomic E-state index is 12.1. The number of rotatable bonds is 7. The molecule has 2 aromatic carbocycles. The first kappa shape index (κ1) is 20.4. The van der Waals surface area contributed by atoms with Crippen molar-refractivity contribution >= 4 is 17.8 Å². The molecule has 29 heavy (non-hydrogen) atoms. The molecule has 1 fully saturated rings. The Morgan fingerprint density at radius 2 is 1.83 bits per heavy atom. The van der Waals surface area contributed by atoms with Crippen LogP contribution in [0.1, 0.15) is 30.4 Å². The lowest BCUT2D eigenvalue weighted by atomic mass is 9.96. The molecule has 3 N–H and O–H groups in total. The number of nitrogens with one attached hydrogen (secondary N) is 3. The van der Waals surface area contributed by atoms with Gasteiger partial charge in [0.25, 0.3) is 5.91 Å². The summed E-state index contributed by atoms with van der Waals surface area (Å²) < 4.78 is 5.31. The van der Waals surface area contributed by atoms with Crippen LogP contribution in [-0.2, 0) is 9.59 Å². The first-order valence-corrected chi connectivity index (χ1v) is 9.50. The summed E-state index contributed by atoms with van der Waals surface area (Å²) in [6.45, 7) is 4.49. The summed E-state index contributed by atoms with van der Waals surface area (Å²) in [7, 11) is 1.66. The van der Waals surface area contributed by atoms with Gasteiger partial charge < -0.3 is 15.4 Å². The van der Waals surface area contributed by atoms with Crippen molar-refractivity contribution in [1.82, 2.24) is 16.0 Å². The van der Waals surface area contributed by atoms with Gasteiger partial charge in [-0.15, -0.1) is 0 Å². The number of hydrogen-bond donors (Lipinski definition) is 3. The van der Waals surface area contributed by atoms with Gasteiger partial charge in [0.1, 0.15) is 11.8 Å². The van der Waals surface area contributed by atoms with Gasteiger partial charge in [-0.2, -0.15) is 0 Å². The Morgan fingerprint density at radius 1 is 1.14 bits per heavy atom. The SMILES string of the molecule is COc1ccc(-c2ccc(C(C)CNC(=O)CC3NC(=O)NC3=O)cc2)cc1C. The molecule has 2 aromatic rings. The third-order valence-electron chi connectivity index (χ3n) is 5.06. The summed E-state index contributed by atoms with van der Waals surface area (Å²) in [6.07, 6.45) is -0.0694. The molecule has 0 aromatic heterocycles. The number of hydrogen-bond acceptors (Lipinski definition) is 4. The lowest BCUT2D eigenvalue weighted by Gasteiger charge is -2.15. The Morgan fingerprint density at radius 3 is 2.41 bits per heavy atom. The highest BCUT2D eigenvalue weighted by molar-refractivity contribution is 6.05. The topological polar surface area (TPSA) is 96.5 Å². The molecule has 0 aliphatic carbocycles. The van der Waals surface area contributed by atoms with Crippen LogP contribution in [0.4, 0.5) is 4.79 Å². The molecule has 152 valence electrons. The third-order valence-corrected chi connectivity index (χ3v) is 5.06. The third kappa shape index (κ3) is 4.93. The van der Waals surface area contributed by atoms with Crippen molar-refractivity contribution in [2.75, 3.05) is 13.7 Å². The molecule has 0 bridgehead atoms. The number of urea groups is 1. The number of carbonyl (C=O) groups is 3. The molecule has 1 aliphatic rings. The summed E-state index contributed by atoms with van der Waals surface area (Å²) in [5, 5.41) is 7.36. The minimum absolute atomic E-state index is 0.0694. The molecule has 1 heterocycles. The predicted octanol–water partition coefficient (Wildman–Crippen LogP) is 2.49. The fraction of sp³-hybridized carbons (Fsp3) is 0.318. The average Bonchev–Trinajstić information content (AvgIpc) is 3.02. The number of ether oxygens (including phenoxy) is 1. The van der Waals surface area contributed by atoms with Crippen molar-refractivity contribution in [3.05, 3.63) is 53.6 Å². The molecule has 0 saturated carbocycles. The molecular weight excluding hydrogens is 370 g/mol.